The van der Waals surface area contributed by atoms with Crippen molar-refractivity contribution in [2.75, 3.05) is 12.0 Å². The Morgan fingerprint density at radius 3 is 2.73 bits per heavy atom. The summed E-state index contributed by atoms with van der Waals surface area (Å²) in [6, 6.07) is 8.00. The molecule has 15 heavy (non-hydrogen) atoms. The zero-order chi connectivity index (χ0) is 10.8. The van der Waals surface area contributed by atoms with Crippen molar-refractivity contribution >= 4 is 17.6 Å². The van der Waals surface area contributed by atoms with E-state index in [2.05, 4.69) is 23.4 Å². The van der Waals surface area contributed by atoms with E-state index in [1.54, 1.807) is 17.8 Å². The maximum atomic E-state index is 5.50. The Labute approximate surface area is 92.6 Å². The van der Waals surface area contributed by atoms with Gasteiger partial charge in [0.25, 0.3) is 0 Å². The molecule has 2 aromatic rings. The monoisotopic (exact) mass is 220 g/mol. The third-order valence-corrected chi connectivity index (χ3v) is 2.97. The largest absolute Gasteiger partial charge is 0.368 e. The van der Waals surface area contributed by atoms with Gasteiger partial charge in [0.1, 0.15) is 5.69 Å². The Morgan fingerprint density at radius 2 is 2.13 bits per heavy atom. The second kappa shape index (κ2) is 3.98. The van der Waals surface area contributed by atoms with Gasteiger partial charge in [0.15, 0.2) is 0 Å². The molecule has 2 N–H and O–H groups in total. The van der Waals surface area contributed by atoms with Gasteiger partial charge < -0.3 is 10.3 Å². The number of anilines is 1. The van der Waals surface area contributed by atoms with Gasteiger partial charge in [0.05, 0.1) is 0 Å². The molecule has 0 spiro atoms. The van der Waals surface area contributed by atoms with Crippen LogP contribution < -0.4 is 5.73 Å². The normalized spacial score (nSPS) is 10.5. The van der Waals surface area contributed by atoms with Crippen molar-refractivity contribution in [3.63, 3.8) is 0 Å². The highest BCUT2D eigenvalue weighted by molar-refractivity contribution is 7.98. The lowest BCUT2D eigenvalue weighted by Gasteiger charge is -2.03. The average molecular weight is 220 g/mol. The van der Waals surface area contributed by atoms with E-state index in [4.69, 9.17) is 10.3 Å². The van der Waals surface area contributed by atoms with Crippen molar-refractivity contribution in [1.82, 2.24) is 5.16 Å². The van der Waals surface area contributed by atoms with Gasteiger partial charge in [-0.25, -0.2) is 0 Å². The molecule has 1 aromatic carbocycles. The van der Waals surface area contributed by atoms with Gasteiger partial charge in [-0.3, -0.25) is 0 Å². The molecule has 1 aromatic heterocycles. The molecule has 0 bridgehead atoms. The molecule has 0 saturated carbocycles. The predicted octanol–water partition coefficient (Wildman–Crippen LogP) is 2.95. The molecular formula is C11H12N2OS. The van der Waals surface area contributed by atoms with Crippen molar-refractivity contribution < 1.29 is 4.52 Å². The summed E-state index contributed by atoms with van der Waals surface area (Å²) in [5, 5.41) is 3.91. The number of nitrogens with zero attached hydrogens (tertiary/aromatic N) is 1. The topological polar surface area (TPSA) is 52.0 Å². The maximum absolute atomic E-state index is 5.50. The molecule has 3 nitrogen and oxygen atoms in total. The van der Waals surface area contributed by atoms with Crippen molar-refractivity contribution in [3.8, 4) is 11.3 Å². The Bertz CT molecular complexity index is 479. The quantitative estimate of drug-likeness (QED) is 0.790. The number of rotatable bonds is 2. The predicted molar refractivity (Wildman–Crippen MR) is 62.9 cm³/mol. The van der Waals surface area contributed by atoms with Crippen LogP contribution in [0.1, 0.15) is 5.56 Å². The van der Waals surface area contributed by atoms with Gasteiger partial charge in [-0.1, -0.05) is 11.2 Å². The summed E-state index contributed by atoms with van der Waals surface area (Å²) in [5.74, 6) is 0.346. The molecule has 2 rings (SSSR count). The number of nitrogen functional groups attached to an aromatic ring is 1. The minimum Gasteiger partial charge on any atom is -0.368 e. The van der Waals surface area contributed by atoms with Gasteiger partial charge in [-0.15, -0.1) is 11.8 Å². The number of hydrogen-bond acceptors (Lipinski definition) is 4. The molecule has 0 aliphatic heterocycles. The van der Waals surface area contributed by atoms with Crippen LogP contribution in [0.4, 0.5) is 5.88 Å². The summed E-state index contributed by atoms with van der Waals surface area (Å²) >= 11 is 1.70. The highest BCUT2D eigenvalue weighted by Crippen LogP contribution is 2.27. The number of aryl methyl sites for hydroxylation is 1. The van der Waals surface area contributed by atoms with E-state index >= 15 is 0 Å². The number of hydrogen-bond donors (Lipinski definition) is 1. The van der Waals surface area contributed by atoms with Gasteiger partial charge in [0.2, 0.25) is 5.88 Å². The smallest absolute Gasteiger partial charge is 0.222 e. The zero-order valence-corrected chi connectivity index (χ0v) is 9.47. The fraction of sp³-hybridized carbons (Fsp3) is 0.182. The maximum Gasteiger partial charge on any atom is 0.222 e. The molecule has 1 heterocycles. The first-order chi connectivity index (χ1) is 7.20. The highest BCUT2D eigenvalue weighted by Gasteiger charge is 2.07. The molecule has 0 aliphatic carbocycles. The molecule has 4 heteroatoms. The number of benzene rings is 1. The van der Waals surface area contributed by atoms with Gasteiger partial charge in [-0.05, 0) is 30.9 Å². The van der Waals surface area contributed by atoms with Crippen molar-refractivity contribution in [2.24, 2.45) is 0 Å². The molecular weight excluding hydrogens is 208 g/mol. The lowest BCUT2D eigenvalue weighted by Crippen LogP contribution is -1.84. The summed E-state index contributed by atoms with van der Waals surface area (Å²) in [7, 11) is 0. The lowest BCUT2D eigenvalue weighted by atomic mass is 10.1. The summed E-state index contributed by atoms with van der Waals surface area (Å²) in [4.78, 5) is 1.21. The molecule has 0 fully saturated rings. The van der Waals surface area contributed by atoms with Crippen LogP contribution >= 0.6 is 11.8 Å². The van der Waals surface area contributed by atoms with E-state index in [-0.39, 0.29) is 0 Å². The van der Waals surface area contributed by atoms with Crippen molar-refractivity contribution in [1.29, 1.82) is 0 Å². The van der Waals surface area contributed by atoms with Crippen LogP contribution in [0.25, 0.3) is 11.3 Å². The van der Waals surface area contributed by atoms with Crippen LogP contribution in [0.5, 0.6) is 0 Å². The number of nitrogens with two attached hydrogens (primary N) is 1. The molecule has 0 aliphatic rings. The minimum atomic E-state index is 0.346. The summed E-state index contributed by atoms with van der Waals surface area (Å²) in [6.45, 7) is 2.05. The minimum absolute atomic E-state index is 0.346. The first-order valence-corrected chi connectivity index (χ1v) is 5.80. The van der Waals surface area contributed by atoms with Crippen LogP contribution in [0.15, 0.2) is 33.7 Å². The second-order valence-electron chi connectivity index (χ2n) is 3.30. The second-order valence-corrected chi connectivity index (χ2v) is 4.18. The molecule has 0 amide bonds. The van der Waals surface area contributed by atoms with E-state index in [0.29, 0.717) is 5.88 Å². The average Bonchev–Trinajstić information content (AvgIpc) is 2.65. The van der Waals surface area contributed by atoms with Crippen LogP contribution in [0.2, 0.25) is 0 Å². The first-order valence-electron chi connectivity index (χ1n) is 4.58. The summed E-state index contributed by atoms with van der Waals surface area (Å²) in [5.41, 5.74) is 8.53. The third kappa shape index (κ3) is 1.99. The van der Waals surface area contributed by atoms with Crippen LogP contribution in [0, 0.1) is 6.92 Å². The van der Waals surface area contributed by atoms with Gasteiger partial charge in [0, 0.05) is 16.5 Å². The number of aromatic nitrogens is 1. The fourth-order valence-electron chi connectivity index (χ4n) is 1.42. The van der Waals surface area contributed by atoms with E-state index in [0.717, 1.165) is 11.3 Å². The van der Waals surface area contributed by atoms with Crippen molar-refractivity contribution in [2.45, 2.75) is 11.8 Å². The Kier molecular flexibility index (Phi) is 2.68. The highest BCUT2D eigenvalue weighted by atomic mass is 32.2. The van der Waals surface area contributed by atoms with E-state index in [9.17, 15) is 0 Å². The molecule has 0 saturated heterocycles. The van der Waals surface area contributed by atoms with Crippen LogP contribution in [-0.4, -0.2) is 11.4 Å². The summed E-state index contributed by atoms with van der Waals surface area (Å²) < 4.78 is 4.87. The van der Waals surface area contributed by atoms with Gasteiger partial charge >= 0.3 is 0 Å². The Hall–Kier alpha value is -1.42. The van der Waals surface area contributed by atoms with E-state index < -0.39 is 0 Å². The van der Waals surface area contributed by atoms with Gasteiger partial charge in [-0.2, -0.15) is 0 Å². The molecule has 0 unspecified atom stereocenters. The van der Waals surface area contributed by atoms with Crippen LogP contribution in [-0.2, 0) is 0 Å². The first kappa shape index (κ1) is 10.1. The lowest BCUT2D eigenvalue weighted by molar-refractivity contribution is 0.439. The third-order valence-electron chi connectivity index (χ3n) is 2.25. The fourth-order valence-corrected chi connectivity index (χ4v) is 1.86. The van der Waals surface area contributed by atoms with Crippen LogP contribution in [0.3, 0.4) is 0 Å². The summed E-state index contributed by atoms with van der Waals surface area (Å²) in [6.07, 6.45) is 2.05. The Balaban J connectivity index is 2.51. The van der Waals surface area contributed by atoms with Crippen molar-refractivity contribution in [3.05, 3.63) is 29.8 Å². The molecule has 78 valence electrons. The molecule has 0 radical (unpaired) electrons. The zero-order valence-electron chi connectivity index (χ0n) is 8.65. The number of thioether (sulfide) groups is 1. The van der Waals surface area contributed by atoms with E-state index in [1.807, 2.05) is 13.2 Å². The Morgan fingerprint density at radius 1 is 1.33 bits per heavy atom. The SMILES string of the molecule is CSc1ccc(C)c(-c2cc(N)on2)c1. The standard InChI is InChI=1S/C11H12N2OS/c1-7-3-4-8(15-2)5-9(7)10-6-11(12)14-13-10/h3-6H,12H2,1-2H3. The molecule has 0 atom stereocenters. The van der Waals surface area contributed by atoms with E-state index in [1.165, 1.54) is 10.5 Å².